The molecule has 86 valence electrons. The number of carbonyl (C=O) groups excluding carboxylic acids is 1. The smallest absolute Gasteiger partial charge is 0.199 e. The summed E-state index contributed by atoms with van der Waals surface area (Å²) in [5, 5.41) is 0. The predicted molar refractivity (Wildman–Crippen MR) is 60.3 cm³/mol. The van der Waals surface area contributed by atoms with Gasteiger partial charge in [0.1, 0.15) is 0 Å². The minimum Gasteiger partial charge on any atom is -0.490 e. The van der Waals surface area contributed by atoms with Crippen molar-refractivity contribution in [2.75, 3.05) is 6.61 Å². The largest absolute Gasteiger partial charge is 0.490 e. The molecular weight excluding hydrogens is 190 g/mol. The minimum absolute atomic E-state index is 0.0631. The van der Waals surface area contributed by atoms with E-state index in [9.17, 15) is 4.79 Å². The summed E-state index contributed by atoms with van der Waals surface area (Å²) in [5.41, 5.74) is 5.66. The van der Waals surface area contributed by atoms with Crippen LogP contribution in [0.5, 0.6) is 0 Å². The highest BCUT2D eigenvalue weighted by molar-refractivity contribution is 5.95. The maximum Gasteiger partial charge on any atom is 0.199 e. The van der Waals surface area contributed by atoms with Crippen LogP contribution >= 0.6 is 0 Å². The summed E-state index contributed by atoms with van der Waals surface area (Å²) in [6.45, 7) is 4.62. The SMILES string of the molecule is CC(N)CCCC(C)C(=O)C1=CCCO1. The van der Waals surface area contributed by atoms with Gasteiger partial charge in [-0.25, -0.2) is 0 Å². The molecule has 0 aromatic heterocycles. The molecule has 0 aromatic rings. The fourth-order valence-electron chi connectivity index (χ4n) is 1.71. The van der Waals surface area contributed by atoms with Crippen LogP contribution in [0.2, 0.25) is 0 Å². The number of allylic oxidation sites excluding steroid dienone is 1. The van der Waals surface area contributed by atoms with Crippen LogP contribution in [0.15, 0.2) is 11.8 Å². The maximum atomic E-state index is 11.8. The lowest BCUT2D eigenvalue weighted by atomic mass is 9.97. The Kier molecular flexibility index (Phi) is 4.82. The van der Waals surface area contributed by atoms with Crippen molar-refractivity contribution in [2.45, 2.75) is 45.6 Å². The number of nitrogens with two attached hydrogens (primary N) is 1. The number of rotatable bonds is 6. The average molecular weight is 211 g/mol. The molecule has 3 heteroatoms. The molecule has 0 saturated heterocycles. The molecule has 0 saturated carbocycles. The van der Waals surface area contributed by atoms with Crippen molar-refractivity contribution in [1.29, 1.82) is 0 Å². The van der Waals surface area contributed by atoms with E-state index in [2.05, 4.69) is 0 Å². The maximum absolute atomic E-state index is 11.8. The molecule has 3 nitrogen and oxygen atoms in total. The molecule has 1 heterocycles. The van der Waals surface area contributed by atoms with E-state index in [1.54, 1.807) is 0 Å². The summed E-state index contributed by atoms with van der Waals surface area (Å²) in [5.74, 6) is 0.786. The lowest BCUT2D eigenvalue weighted by Crippen LogP contribution is -2.17. The molecule has 2 unspecified atom stereocenters. The van der Waals surface area contributed by atoms with Gasteiger partial charge in [-0.05, 0) is 25.8 Å². The Morgan fingerprint density at radius 3 is 2.80 bits per heavy atom. The van der Waals surface area contributed by atoms with Crippen LogP contribution in [0, 0.1) is 5.92 Å². The van der Waals surface area contributed by atoms with E-state index >= 15 is 0 Å². The summed E-state index contributed by atoms with van der Waals surface area (Å²) < 4.78 is 5.25. The monoisotopic (exact) mass is 211 g/mol. The Bertz CT molecular complexity index is 246. The number of hydrogen-bond donors (Lipinski definition) is 1. The fraction of sp³-hybridized carbons (Fsp3) is 0.750. The molecule has 1 aliphatic heterocycles. The summed E-state index contributed by atoms with van der Waals surface area (Å²) in [6.07, 6.45) is 5.66. The van der Waals surface area contributed by atoms with Crippen molar-refractivity contribution in [3.05, 3.63) is 11.8 Å². The first-order chi connectivity index (χ1) is 7.11. The van der Waals surface area contributed by atoms with Crippen molar-refractivity contribution in [3.63, 3.8) is 0 Å². The summed E-state index contributed by atoms with van der Waals surface area (Å²) >= 11 is 0. The first-order valence-electron chi connectivity index (χ1n) is 5.74. The van der Waals surface area contributed by atoms with Gasteiger partial charge in [0.2, 0.25) is 0 Å². The molecule has 0 spiro atoms. The van der Waals surface area contributed by atoms with Crippen LogP contribution in [-0.4, -0.2) is 18.4 Å². The topological polar surface area (TPSA) is 52.3 Å². The van der Waals surface area contributed by atoms with E-state index in [4.69, 9.17) is 10.5 Å². The van der Waals surface area contributed by atoms with E-state index in [-0.39, 0.29) is 17.7 Å². The molecule has 1 aliphatic rings. The van der Waals surface area contributed by atoms with Crippen LogP contribution in [-0.2, 0) is 9.53 Å². The number of Topliss-reactive ketones (excluding diaryl/α,β-unsaturated/α-hetero) is 1. The van der Waals surface area contributed by atoms with Gasteiger partial charge >= 0.3 is 0 Å². The van der Waals surface area contributed by atoms with Gasteiger partial charge in [-0.3, -0.25) is 4.79 Å². The first kappa shape index (κ1) is 12.2. The molecule has 0 fully saturated rings. The van der Waals surface area contributed by atoms with Crippen LogP contribution in [0.3, 0.4) is 0 Å². The number of ketones is 1. The Balaban J connectivity index is 2.27. The highest BCUT2D eigenvalue weighted by Crippen LogP contribution is 2.18. The van der Waals surface area contributed by atoms with Gasteiger partial charge in [-0.2, -0.15) is 0 Å². The number of ether oxygens (including phenoxy) is 1. The zero-order valence-corrected chi connectivity index (χ0v) is 9.66. The Morgan fingerprint density at radius 1 is 1.53 bits per heavy atom. The fourth-order valence-corrected chi connectivity index (χ4v) is 1.71. The van der Waals surface area contributed by atoms with Crippen molar-refractivity contribution in [2.24, 2.45) is 11.7 Å². The Morgan fingerprint density at radius 2 is 2.27 bits per heavy atom. The molecule has 0 radical (unpaired) electrons. The predicted octanol–water partition coefficient (Wildman–Crippen LogP) is 2.01. The van der Waals surface area contributed by atoms with E-state index in [0.29, 0.717) is 12.4 Å². The molecule has 1 rings (SSSR count). The van der Waals surface area contributed by atoms with Gasteiger partial charge in [-0.1, -0.05) is 13.3 Å². The molecule has 0 amide bonds. The highest BCUT2D eigenvalue weighted by atomic mass is 16.5. The molecule has 0 aliphatic carbocycles. The average Bonchev–Trinajstić information content (AvgIpc) is 2.68. The third-order valence-corrected chi connectivity index (χ3v) is 2.69. The van der Waals surface area contributed by atoms with Crippen molar-refractivity contribution in [3.8, 4) is 0 Å². The summed E-state index contributed by atoms with van der Waals surface area (Å²) in [4.78, 5) is 11.8. The highest BCUT2D eigenvalue weighted by Gasteiger charge is 2.20. The standard InChI is InChI=1S/C12H21NO2/c1-9(5-3-6-10(2)13)12(14)11-7-4-8-15-11/h7,9-10H,3-6,8,13H2,1-2H3. The lowest BCUT2D eigenvalue weighted by Gasteiger charge is -2.11. The second-order valence-corrected chi connectivity index (χ2v) is 4.38. The molecule has 15 heavy (non-hydrogen) atoms. The van der Waals surface area contributed by atoms with E-state index in [0.717, 1.165) is 25.7 Å². The molecule has 0 bridgehead atoms. The zero-order chi connectivity index (χ0) is 11.3. The summed E-state index contributed by atoms with van der Waals surface area (Å²) in [6, 6.07) is 0.231. The second-order valence-electron chi connectivity index (χ2n) is 4.38. The van der Waals surface area contributed by atoms with E-state index in [1.165, 1.54) is 0 Å². The number of carbonyl (C=O) groups is 1. The van der Waals surface area contributed by atoms with Gasteiger partial charge < -0.3 is 10.5 Å². The van der Waals surface area contributed by atoms with E-state index in [1.807, 2.05) is 19.9 Å². The second kappa shape index (κ2) is 5.91. The molecule has 0 aromatic carbocycles. The van der Waals surface area contributed by atoms with Crippen molar-refractivity contribution < 1.29 is 9.53 Å². The minimum atomic E-state index is 0.0631. The van der Waals surface area contributed by atoms with Gasteiger partial charge in [0.15, 0.2) is 11.5 Å². The summed E-state index contributed by atoms with van der Waals surface area (Å²) in [7, 11) is 0. The lowest BCUT2D eigenvalue weighted by molar-refractivity contribution is -0.122. The number of hydrogen-bond acceptors (Lipinski definition) is 3. The van der Waals surface area contributed by atoms with Crippen LogP contribution in [0.4, 0.5) is 0 Å². The van der Waals surface area contributed by atoms with E-state index < -0.39 is 0 Å². The third-order valence-electron chi connectivity index (χ3n) is 2.69. The zero-order valence-electron chi connectivity index (χ0n) is 9.66. The van der Waals surface area contributed by atoms with Gasteiger partial charge in [0.25, 0.3) is 0 Å². The molecule has 2 N–H and O–H groups in total. The third kappa shape index (κ3) is 4.04. The molecule has 2 atom stereocenters. The quantitative estimate of drug-likeness (QED) is 0.731. The van der Waals surface area contributed by atoms with Gasteiger partial charge in [0, 0.05) is 18.4 Å². The van der Waals surface area contributed by atoms with Crippen molar-refractivity contribution >= 4 is 5.78 Å². The molecular formula is C12H21NO2. The van der Waals surface area contributed by atoms with Crippen LogP contribution < -0.4 is 5.73 Å². The van der Waals surface area contributed by atoms with Gasteiger partial charge in [0.05, 0.1) is 6.61 Å². The van der Waals surface area contributed by atoms with Crippen molar-refractivity contribution in [1.82, 2.24) is 0 Å². The van der Waals surface area contributed by atoms with Gasteiger partial charge in [-0.15, -0.1) is 0 Å². The first-order valence-corrected chi connectivity index (χ1v) is 5.74. The van der Waals surface area contributed by atoms with Crippen LogP contribution in [0.1, 0.15) is 39.5 Å². The normalized spacial score (nSPS) is 19.3. The van der Waals surface area contributed by atoms with Crippen LogP contribution in [0.25, 0.3) is 0 Å². The Hall–Kier alpha value is -0.830. The Labute approximate surface area is 91.7 Å².